The monoisotopic (exact) mass is 409 g/mol. The third-order valence-electron chi connectivity index (χ3n) is 5.41. The van der Waals surface area contributed by atoms with Gasteiger partial charge in [0.25, 0.3) is 0 Å². The summed E-state index contributed by atoms with van der Waals surface area (Å²) in [5.41, 5.74) is 3.38. The van der Waals surface area contributed by atoms with Crippen molar-refractivity contribution in [3.63, 3.8) is 0 Å². The van der Waals surface area contributed by atoms with Gasteiger partial charge in [-0.25, -0.2) is 9.59 Å². The molecule has 0 spiro atoms. The zero-order valence-corrected chi connectivity index (χ0v) is 17.3. The molecule has 1 aromatic heterocycles. The third kappa shape index (κ3) is 4.57. The summed E-state index contributed by atoms with van der Waals surface area (Å²) < 4.78 is 10.8. The number of carbonyl (C=O) groups is 2. The number of hydrogen-bond acceptors (Lipinski definition) is 5. The lowest BCUT2D eigenvalue weighted by molar-refractivity contribution is -0.139. The number of carbonyl (C=O) groups excluding carboxylic acids is 2. The summed E-state index contributed by atoms with van der Waals surface area (Å²) in [5, 5.41) is 5.64. The summed E-state index contributed by atoms with van der Waals surface area (Å²) in [4.78, 5) is 27.6. The van der Waals surface area contributed by atoms with Crippen LogP contribution in [-0.2, 0) is 16.1 Å². The lowest BCUT2D eigenvalue weighted by Crippen LogP contribution is -2.48. The number of nitrogens with zero attached hydrogens (tertiary/aromatic N) is 1. The Labute approximate surface area is 176 Å². The van der Waals surface area contributed by atoms with E-state index in [9.17, 15) is 9.59 Å². The predicted molar refractivity (Wildman–Crippen MR) is 111 cm³/mol. The Morgan fingerprint density at radius 3 is 2.60 bits per heavy atom. The summed E-state index contributed by atoms with van der Waals surface area (Å²) in [6, 6.07) is 11.3. The van der Waals surface area contributed by atoms with Crippen molar-refractivity contribution < 1.29 is 18.7 Å². The van der Waals surface area contributed by atoms with Crippen LogP contribution in [0, 0.1) is 6.92 Å². The molecular weight excluding hydrogens is 382 g/mol. The van der Waals surface area contributed by atoms with Gasteiger partial charge in [-0.15, -0.1) is 0 Å². The molecule has 2 N–H and O–H groups in total. The molecule has 2 amide bonds. The largest absolute Gasteiger partial charge is 0.467 e. The quantitative estimate of drug-likeness (QED) is 0.653. The van der Waals surface area contributed by atoms with Gasteiger partial charge < -0.3 is 19.8 Å². The highest BCUT2D eigenvalue weighted by atomic mass is 16.5. The Morgan fingerprint density at radius 2 is 1.97 bits per heavy atom. The molecule has 1 aliphatic carbocycles. The van der Waals surface area contributed by atoms with Crippen LogP contribution in [0.2, 0.25) is 0 Å². The van der Waals surface area contributed by atoms with Crippen molar-refractivity contribution in [1.29, 1.82) is 0 Å². The van der Waals surface area contributed by atoms with Crippen molar-refractivity contribution in [1.82, 2.24) is 15.5 Å². The number of aryl methyl sites for hydroxylation is 1. The molecule has 2 aliphatic rings. The molecule has 1 saturated carbocycles. The van der Waals surface area contributed by atoms with Gasteiger partial charge in [-0.05, 0) is 44.4 Å². The van der Waals surface area contributed by atoms with E-state index in [1.54, 1.807) is 19.1 Å². The van der Waals surface area contributed by atoms with Crippen molar-refractivity contribution in [3.05, 3.63) is 70.8 Å². The maximum atomic E-state index is 12.9. The van der Waals surface area contributed by atoms with E-state index in [1.165, 1.54) is 17.4 Å². The molecule has 1 fully saturated rings. The van der Waals surface area contributed by atoms with Crippen LogP contribution in [0.1, 0.15) is 42.7 Å². The Balaban J connectivity index is 1.65. The molecule has 2 heterocycles. The number of benzene rings is 1. The van der Waals surface area contributed by atoms with E-state index in [-0.39, 0.29) is 12.6 Å². The molecule has 2 aromatic rings. The first-order chi connectivity index (χ1) is 14.5. The molecule has 1 unspecified atom stereocenters. The molecular formula is C23H27N3O4. The van der Waals surface area contributed by atoms with Crippen LogP contribution < -0.4 is 10.6 Å². The van der Waals surface area contributed by atoms with E-state index in [2.05, 4.69) is 46.7 Å². The number of urea groups is 1. The van der Waals surface area contributed by atoms with E-state index in [0.29, 0.717) is 29.6 Å². The Bertz CT molecular complexity index is 930. The summed E-state index contributed by atoms with van der Waals surface area (Å²) >= 11 is 0. The molecule has 1 aliphatic heterocycles. The van der Waals surface area contributed by atoms with Gasteiger partial charge in [-0.1, -0.05) is 29.8 Å². The topological polar surface area (TPSA) is 83.8 Å². The Morgan fingerprint density at radius 1 is 1.20 bits per heavy atom. The average Bonchev–Trinajstić information content (AvgIpc) is 3.42. The summed E-state index contributed by atoms with van der Waals surface area (Å²) in [6.07, 6.45) is 3.75. The van der Waals surface area contributed by atoms with E-state index >= 15 is 0 Å². The zero-order valence-electron chi connectivity index (χ0n) is 17.3. The molecule has 7 heteroatoms. The Hall–Kier alpha value is -3.06. The van der Waals surface area contributed by atoms with Crippen LogP contribution in [0.3, 0.4) is 0 Å². The number of rotatable bonds is 8. The van der Waals surface area contributed by atoms with Gasteiger partial charge in [-0.3, -0.25) is 4.90 Å². The van der Waals surface area contributed by atoms with Crippen LogP contribution in [-0.4, -0.2) is 36.1 Å². The second kappa shape index (κ2) is 8.75. The van der Waals surface area contributed by atoms with Gasteiger partial charge in [0.05, 0.1) is 18.4 Å². The minimum Gasteiger partial charge on any atom is -0.467 e. The first-order valence-electron chi connectivity index (χ1n) is 10.4. The maximum Gasteiger partial charge on any atom is 0.338 e. The van der Waals surface area contributed by atoms with Gasteiger partial charge in [-0.2, -0.15) is 0 Å². The van der Waals surface area contributed by atoms with Gasteiger partial charge in [0.2, 0.25) is 0 Å². The van der Waals surface area contributed by atoms with Crippen molar-refractivity contribution in [3.8, 4) is 0 Å². The number of esters is 1. The van der Waals surface area contributed by atoms with Gasteiger partial charge in [0.1, 0.15) is 11.8 Å². The molecule has 0 radical (unpaired) electrons. The molecule has 30 heavy (non-hydrogen) atoms. The van der Waals surface area contributed by atoms with Crippen molar-refractivity contribution in [2.75, 3.05) is 13.2 Å². The van der Waals surface area contributed by atoms with E-state index in [0.717, 1.165) is 19.4 Å². The summed E-state index contributed by atoms with van der Waals surface area (Å²) in [6.45, 7) is 5.29. The van der Waals surface area contributed by atoms with Crippen molar-refractivity contribution in [2.45, 2.75) is 45.3 Å². The lowest BCUT2D eigenvalue weighted by Gasteiger charge is -2.31. The minimum absolute atomic E-state index is 0.254. The normalized spacial score (nSPS) is 18.9. The van der Waals surface area contributed by atoms with Crippen LogP contribution in [0.5, 0.6) is 0 Å². The fraction of sp³-hybridized carbons (Fsp3) is 0.391. The molecule has 7 nitrogen and oxygen atoms in total. The van der Waals surface area contributed by atoms with Crippen LogP contribution in [0.15, 0.2) is 58.3 Å². The van der Waals surface area contributed by atoms with Gasteiger partial charge in [0, 0.05) is 24.8 Å². The first-order valence-corrected chi connectivity index (χ1v) is 10.4. The SMILES string of the molecule is CCOC(=O)C1=C(CN(Cc2ccc(C)cc2)C2CC2)NC(=O)NC1c1ccco1. The smallest absolute Gasteiger partial charge is 0.338 e. The van der Waals surface area contributed by atoms with Crippen molar-refractivity contribution in [2.24, 2.45) is 0 Å². The van der Waals surface area contributed by atoms with Crippen molar-refractivity contribution >= 4 is 12.0 Å². The van der Waals surface area contributed by atoms with E-state index in [1.807, 2.05) is 0 Å². The standard InChI is InChI=1S/C23H27N3O4/c1-3-29-22(27)20-18(24-23(28)25-21(20)19-5-4-12-30-19)14-26(17-10-11-17)13-16-8-6-15(2)7-9-16/h4-9,12,17,21H,3,10-11,13-14H2,1-2H3,(H2,24,25,28). The average molecular weight is 409 g/mol. The Kier molecular flexibility index (Phi) is 5.90. The second-order valence-corrected chi connectivity index (χ2v) is 7.78. The number of nitrogens with one attached hydrogen (secondary N) is 2. The number of hydrogen-bond donors (Lipinski definition) is 2. The van der Waals surface area contributed by atoms with Crippen LogP contribution >= 0.6 is 0 Å². The summed E-state index contributed by atoms with van der Waals surface area (Å²) in [7, 11) is 0. The predicted octanol–water partition coefficient (Wildman–Crippen LogP) is 3.42. The van der Waals surface area contributed by atoms with E-state index in [4.69, 9.17) is 9.15 Å². The highest BCUT2D eigenvalue weighted by Crippen LogP contribution is 2.32. The number of furan rings is 1. The molecule has 0 saturated heterocycles. The third-order valence-corrected chi connectivity index (χ3v) is 5.41. The molecule has 1 aromatic carbocycles. The second-order valence-electron chi connectivity index (χ2n) is 7.78. The van der Waals surface area contributed by atoms with E-state index < -0.39 is 12.0 Å². The molecule has 0 bridgehead atoms. The van der Waals surface area contributed by atoms with Gasteiger partial charge in [0.15, 0.2) is 0 Å². The summed E-state index contributed by atoms with van der Waals surface area (Å²) in [5.74, 6) is 0.0504. The van der Waals surface area contributed by atoms with Crippen LogP contribution in [0.4, 0.5) is 4.79 Å². The number of ether oxygens (including phenoxy) is 1. The fourth-order valence-corrected chi connectivity index (χ4v) is 3.75. The molecule has 4 rings (SSSR count). The maximum absolute atomic E-state index is 12.9. The molecule has 1 atom stereocenters. The highest BCUT2D eigenvalue weighted by molar-refractivity contribution is 5.95. The minimum atomic E-state index is -0.678. The molecule has 158 valence electrons. The highest BCUT2D eigenvalue weighted by Gasteiger charge is 2.37. The zero-order chi connectivity index (χ0) is 21.1. The van der Waals surface area contributed by atoms with Crippen LogP contribution in [0.25, 0.3) is 0 Å². The first kappa shape index (κ1) is 20.2. The fourth-order valence-electron chi connectivity index (χ4n) is 3.75. The van der Waals surface area contributed by atoms with Gasteiger partial charge >= 0.3 is 12.0 Å². The lowest BCUT2D eigenvalue weighted by atomic mass is 9.99. The number of amides is 2.